The number of nitrogens with one attached hydrogen (secondary N) is 1. The maximum Gasteiger partial charge on any atom is 0.159 e. The molecule has 0 bridgehead atoms. The van der Waals surface area contributed by atoms with E-state index >= 15 is 0 Å². The molecule has 86 valence electrons. The summed E-state index contributed by atoms with van der Waals surface area (Å²) in [4.78, 5) is 0. The van der Waals surface area contributed by atoms with Crippen LogP contribution in [0.2, 0.25) is 0 Å². The summed E-state index contributed by atoms with van der Waals surface area (Å²) in [6.07, 6.45) is -0.179. The van der Waals surface area contributed by atoms with Gasteiger partial charge in [0.25, 0.3) is 0 Å². The highest BCUT2D eigenvalue weighted by molar-refractivity contribution is 6.02. The van der Waals surface area contributed by atoms with E-state index in [9.17, 15) is 13.9 Å². The number of halogens is 2. The largest absolute Gasteiger partial charge is 0.372 e. The molecule has 2 atom stereocenters. The molecule has 1 aliphatic rings. The second-order valence-corrected chi connectivity index (χ2v) is 3.91. The second-order valence-electron chi connectivity index (χ2n) is 3.91. The van der Waals surface area contributed by atoms with E-state index < -0.39 is 17.9 Å². The van der Waals surface area contributed by atoms with E-state index in [0.29, 0.717) is 17.7 Å². The Hall–Kier alpha value is -1.49. The van der Waals surface area contributed by atoms with Crippen LogP contribution >= 0.6 is 0 Å². The van der Waals surface area contributed by atoms with Gasteiger partial charge in [0.2, 0.25) is 0 Å². The molecule has 0 aromatic heterocycles. The van der Waals surface area contributed by atoms with E-state index in [2.05, 4.69) is 10.5 Å². The third-order valence-electron chi connectivity index (χ3n) is 2.59. The molecule has 0 aliphatic carbocycles. The van der Waals surface area contributed by atoms with Crippen molar-refractivity contribution in [1.29, 1.82) is 0 Å². The van der Waals surface area contributed by atoms with E-state index in [1.165, 1.54) is 6.07 Å². The standard InChI is InChI=1S/C11H12F2N2O/c1-6-4-10(16)14-15-11(6)7-2-3-8(12)9(13)5-7/h2-3,5-6,10,14,16H,4H2,1H3/t6-,10?/m1/s1. The van der Waals surface area contributed by atoms with Crippen LogP contribution in [-0.2, 0) is 0 Å². The molecule has 1 aliphatic heterocycles. The van der Waals surface area contributed by atoms with Crippen molar-refractivity contribution in [2.45, 2.75) is 19.6 Å². The minimum atomic E-state index is -0.890. The van der Waals surface area contributed by atoms with Gasteiger partial charge in [0.15, 0.2) is 11.6 Å². The lowest BCUT2D eigenvalue weighted by molar-refractivity contribution is 0.114. The zero-order chi connectivity index (χ0) is 11.7. The Bertz CT molecular complexity index is 434. The summed E-state index contributed by atoms with van der Waals surface area (Å²) < 4.78 is 25.8. The molecule has 0 saturated carbocycles. The topological polar surface area (TPSA) is 44.6 Å². The Kier molecular flexibility index (Phi) is 2.87. The van der Waals surface area contributed by atoms with E-state index in [1.807, 2.05) is 6.92 Å². The van der Waals surface area contributed by atoms with Gasteiger partial charge < -0.3 is 5.11 Å². The summed E-state index contributed by atoms with van der Waals surface area (Å²) in [5, 5.41) is 13.3. The highest BCUT2D eigenvalue weighted by Gasteiger charge is 2.22. The van der Waals surface area contributed by atoms with Crippen LogP contribution in [0.5, 0.6) is 0 Å². The van der Waals surface area contributed by atoms with Crippen molar-refractivity contribution in [1.82, 2.24) is 5.43 Å². The van der Waals surface area contributed by atoms with Crippen molar-refractivity contribution < 1.29 is 13.9 Å². The number of hydrazone groups is 1. The van der Waals surface area contributed by atoms with Gasteiger partial charge >= 0.3 is 0 Å². The van der Waals surface area contributed by atoms with E-state index in [0.717, 1.165) is 12.1 Å². The molecular formula is C11H12F2N2O. The first kappa shape index (κ1) is 11.0. The molecule has 1 aromatic carbocycles. The summed E-state index contributed by atoms with van der Waals surface area (Å²) >= 11 is 0. The minimum absolute atomic E-state index is 0.00103. The number of rotatable bonds is 1. The van der Waals surface area contributed by atoms with Gasteiger partial charge in [-0.05, 0) is 18.2 Å². The number of hydrogen-bond acceptors (Lipinski definition) is 3. The van der Waals surface area contributed by atoms with Crippen LogP contribution in [0.4, 0.5) is 8.78 Å². The number of aliphatic hydroxyl groups is 1. The van der Waals surface area contributed by atoms with Crippen molar-refractivity contribution in [2.75, 3.05) is 0 Å². The second kappa shape index (κ2) is 4.17. The maximum atomic E-state index is 13.0. The molecule has 5 heteroatoms. The Balaban J connectivity index is 2.33. The first-order chi connectivity index (χ1) is 7.58. The van der Waals surface area contributed by atoms with Crippen molar-refractivity contribution in [3.05, 3.63) is 35.4 Å². The van der Waals surface area contributed by atoms with Crippen LogP contribution in [0.25, 0.3) is 0 Å². The fraction of sp³-hybridized carbons (Fsp3) is 0.364. The average molecular weight is 226 g/mol. The highest BCUT2D eigenvalue weighted by Crippen LogP contribution is 2.19. The molecule has 0 amide bonds. The molecule has 16 heavy (non-hydrogen) atoms. The summed E-state index contributed by atoms with van der Waals surface area (Å²) in [5.74, 6) is -1.76. The SMILES string of the molecule is C[C@@H]1CC(O)NN=C1c1ccc(F)c(F)c1. The first-order valence-electron chi connectivity index (χ1n) is 5.04. The molecule has 0 spiro atoms. The van der Waals surface area contributed by atoms with E-state index in [4.69, 9.17) is 0 Å². The van der Waals surface area contributed by atoms with Crippen LogP contribution in [0.3, 0.4) is 0 Å². The molecule has 2 rings (SSSR count). The predicted molar refractivity (Wildman–Crippen MR) is 55.8 cm³/mol. The van der Waals surface area contributed by atoms with Crippen molar-refractivity contribution in [3.8, 4) is 0 Å². The van der Waals surface area contributed by atoms with Crippen LogP contribution in [0, 0.1) is 17.6 Å². The summed E-state index contributed by atoms with van der Waals surface area (Å²) in [6.45, 7) is 1.88. The van der Waals surface area contributed by atoms with Crippen LogP contribution in [0.15, 0.2) is 23.3 Å². The molecule has 1 unspecified atom stereocenters. The van der Waals surface area contributed by atoms with Crippen molar-refractivity contribution in [3.63, 3.8) is 0 Å². The summed E-state index contributed by atoms with van der Waals surface area (Å²) in [7, 11) is 0. The average Bonchev–Trinajstić information content (AvgIpc) is 2.22. The molecule has 3 nitrogen and oxygen atoms in total. The van der Waals surface area contributed by atoms with E-state index in [1.54, 1.807) is 0 Å². The zero-order valence-corrected chi connectivity index (χ0v) is 8.74. The fourth-order valence-corrected chi connectivity index (χ4v) is 1.76. The minimum Gasteiger partial charge on any atom is -0.372 e. The monoisotopic (exact) mass is 226 g/mol. The third kappa shape index (κ3) is 2.04. The van der Waals surface area contributed by atoms with Gasteiger partial charge in [-0.1, -0.05) is 6.92 Å². The molecule has 2 N–H and O–H groups in total. The van der Waals surface area contributed by atoms with Crippen LogP contribution in [-0.4, -0.2) is 17.0 Å². The Morgan fingerprint density at radius 2 is 2.12 bits per heavy atom. The van der Waals surface area contributed by atoms with Gasteiger partial charge in [-0.3, -0.25) is 5.43 Å². The molecule has 0 fully saturated rings. The van der Waals surface area contributed by atoms with Gasteiger partial charge in [-0.15, -0.1) is 0 Å². The number of benzene rings is 1. The van der Waals surface area contributed by atoms with E-state index in [-0.39, 0.29) is 5.92 Å². The predicted octanol–water partition coefficient (Wildman–Crippen LogP) is 1.62. The third-order valence-corrected chi connectivity index (χ3v) is 2.59. The van der Waals surface area contributed by atoms with Crippen LogP contribution in [0.1, 0.15) is 18.9 Å². The van der Waals surface area contributed by atoms with Gasteiger partial charge in [0.1, 0.15) is 6.23 Å². The molecular weight excluding hydrogens is 214 g/mol. The first-order valence-corrected chi connectivity index (χ1v) is 5.04. The Morgan fingerprint density at radius 1 is 1.38 bits per heavy atom. The van der Waals surface area contributed by atoms with Gasteiger partial charge in [0.05, 0.1) is 5.71 Å². The van der Waals surface area contributed by atoms with Gasteiger partial charge in [0, 0.05) is 17.9 Å². The number of aliphatic hydroxyl groups excluding tert-OH is 1. The zero-order valence-electron chi connectivity index (χ0n) is 8.74. The van der Waals surface area contributed by atoms with Crippen LogP contribution < -0.4 is 5.43 Å². The van der Waals surface area contributed by atoms with Gasteiger partial charge in [-0.2, -0.15) is 5.10 Å². The lowest BCUT2D eigenvalue weighted by atomic mass is 9.94. The molecule has 1 aromatic rings. The lowest BCUT2D eigenvalue weighted by Crippen LogP contribution is -2.35. The lowest BCUT2D eigenvalue weighted by Gasteiger charge is -2.24. The molecule has 0 saturated heterocycles. The quantitative estimate of drug-likeness (QED) is 0.764. The number of hydrogen-bond donors (Lipinski definition) is 2. The number of nitrogens with zero attached hydrogens (tertiary/aromatic N) is 1. The van der Waals surface area contributed by atoms with Gasteiger partial charge in [-0.25, -0.2) is 8.78 Å². The fourth-order valence-electron chi connectivity index (χ4n) is 1.76. The highest BCUT2D eigenvalue weighted by atomic mass is 19.2. The maximum absolute atomic E-state index is 13.0. The Morgan fingerprint density at radius 3 is 2.75 bits per heavy atom. The van der Waals surface area contributed by atoms with Crippen molar-refractivity contribution >= 4 is 5.71 Å². The summed E-state index contributed by atoms with van der Waals surface area (Å²) in [6, 6.07) is 3.67. The smallest absolute Gasteiger partial charge is 0.159 e. The Labute approximate surface area is 91.8 Å². The van der Waals surface area contributed by atoms with Crippen molar-refractivity contribution in [2.24, 2.45) is 11.0 Å². The molecule has 0 radical (unpaired) electrons. The normalized spacial score (nSPS) is 24.9. The molecule has 1 heterocycles. The summed E-state index contributed by atoms with van der Waals surface area (Å²) in [5.41, 5.74) is 3.68.